The molecule has 0 atom stereocenters. The minimum absolute atomic E-state index is 0.624. The minimum Gasteiger partial charge on any atom is -0.248 e. The molecule has 0 aliphatic heterocycles. The summed E-state index contributed by atoms with van der Waals surface area (Å²) in [5, 5.41) is 0. The molecular weight excluding hydrogens is 186 g/mol. The molecule has 1 aromatic heterocycles. The van der Waals surface area contributed by atoms with Gasteiger partial charge in [0.15, 0.2) is 0 Å². The Morgan fingerprint density at radius 1 is 0.929 bits per heavy atom. The molecule has 0 saturated carbocycles. The first kappa shape index (κ1) is 10.2. The summed E-state index contributed by atoms with van der Waals surface area (Å²) < 4.78 is 2.63. The molecule has 1 rings (SSSR count). The van der Waals surface area contributed by atoms with Gasteiger partial charge in [0, 0.05) is 20.3 Å². The Labute approximate surface area is 79.3 Å². The molecule has 0 bridgehead atoms. The van der Waals surface area contributed by atoms with Crippen LogP contribution in [0.5, 0.6) is 0 Å². The number of nitrogens with zero attached hydrogens (tertiary/aromatic N) is 3. The van der Waals surface area contributed by atoms with Gasteiger partial charge in [-0.3, -0.25) is 0 Å². The van der Waals surface area contributed by atoms with Crippen molar-refractivity contribution in [2.24, 2.45) is 14.1 Å². The zero-order valence-corrected chi connectivity index (χ0v) is 8.22. The van der Waals surface area contributed by atoms with Crippen LogP contribution in [-0.4, -0.2) is 13.7 Å². The molecule has 0 aliphatic carbocycles. The number of hydrogen-bond donors (Lipinski definition) is 0. The third-order valence-electron chi connectivity index (χ3n) is 1.86. The molecule has 1 heterocycles. The lowest BCUT2D eigenvalue weighted by atomic mass is 10.7. The monoisotopic (exact) mass is 197 g/mol. The Bertz CT molecular complexity index is 504. The molecule has 0 saturated heterocycles. The lowest BCUT2D eigenvalue weighted by molar-refractivity contribution is 0.591. The quantitative estimate of drug-likeness (QED) is 0.564. The highest BCUT2D eigenvalue weighted by Gasteiger charge is 2.07. The zero-order chi connectivity index (χ0) is 10.9. The van der Waals surface area contributed by atoms with E-state index in [-0.39, 0.29) is 0 Å². The van der Waals surface area contributed by atoms with E-state index in [0.29, 0.717) is 0 Å². The molecule has 0 unspecified atom stereocenters. The van der Waals surface area contributed by atoms with Gasteiger partial charge in [0.1, 0.15) is 0 Å². The van der Waals surface area contributed by atoms with Crippen molar-refractivity contribution < 1.29 is 0 Å². The van der Waals surface area contributed by atoms with E-state index >= 15 is 0 Å². The Hall–Kier alpha value is -1.85. The first-order valence-corrected chi connectivity index (χ1v) is 4.02. The van der Waals surface area contributed by atoms with Gasteiger partial charge < -0.3 is 0 Å². The average molecular weight is 197 g/mol. The zero-order valence-electron chi connectivity index (χ0n) is 8.22. The number of rotatable bonds is 1. The third-order valence-corrected chi connectivity index (χ3v) is 1.86. The highest BCUT2D eigenvalue weighted by molar-refractivity contribution is 5.18. The van der Waals surface area contributed by atoms with Gasteiger partial charge in [-0.2, -0.15) is 0 Å². The van der Waals surface area contributed by atoms with E-state index in [1.165, 1.54) is 20.3 Å². The molecule has 76 valence electrons. The Balaban J connectivity index is 3.88. The summed E-state index contributed by atoms with van der Waals surface area (Å²) in [6.07, 6.45) is 2.87. The summed E-state index contributed by atoms with van der Waals surface area (Å²) >= 11 is 0. The average Bonchev–Trinajstić information content (AvgIpc) is 2.19. The normalized spacial score (nSPS) is 11.1. The van der Waals surface area contributed by atoms with Gasteiger partial charge in [-0.15, -0.1) is 0 Å². The van der Waals surface area contributed by atoms with Gasteiger partial charge in [0.25, 0.3) is 0 Å². The molecule has 6 nitrogen and oxygen atoms in total. The minimum atomic E-state index is -0.642. The van der Waals surface area contributed by atoms with E-state index in [4.69, 9.17) is 0 Å². The van der Waals surface area contributed by atoms with Crippen LogP contribution in [-0.2, 0) is 14.1 Å². The van der Waals surface area contributed by atoms with Crippen molar-refractivity contribution in [1.29, 1.82) is 0 Å². The molecule has 1 aromatic rings. The SMILES string of the molecule is C/C=C\n1c(=O)n(C)c(=O)n(C)c1=O. The predicted octanol–water partition coefficient (Wildman–Crippen LogP) is -1.26. The Morgan fingerprint density at radius 2 is 1.36 bits per heavy atom. The van der Waals surface area contributed by atoms with E-state index in [1.54, 1.807) is 13.0 Å². The summed E-state index contributed by atoms with van der Waals surface area (Å²) in [6, 6.07) is 0. The molecule has 0 aromatic carbocycles. The third kappa shape index (κ3) is 1.34. The van der Waals surface area contributed by atoms with Gasteiger partial charge in [-0.25, -0.2) is 28.1 Å². The van der Waals surface area contributed by atoms with Crippen molar-refractivity contribution >= 4 is 6.20 Å². The summed E-state index contributed by atoms with van der Waals surface area (Å²) in [4.78, 5) is 34.1. The van der Waals surface area contributed by atoms with Crippen LogP contribution in [0.3, 0.4) is 0 Å². The van der Waals surface area contributed by atoms with E-state index in [1.807, 2.05) is 0 Å². The summed E-state index contributed by atoms with van der Waals surface area (Å²) in [5.74, 6) is 0. The largest absolute Gasteiger partial charge is 0.340 e. The second-order valence-electron chi connectivity index (χ2n) is 2.82. The smallest absolute Gasteiger partial charge is 0.248 e. The van der Waals surface area contributed by atoms with Crippen LogP contribution in [0.1, 0.15) is 6.92 Å². The fraction of sp³-hybridized carbons (Fsp3) is 0.375. The Morgan fingerprint density at radius 3 is 1.71 bits per heavy atom. The van der Waals surface area contributed by atoms with E-state index < -0.39 is 17.1 Å². The Kier molecular flexibility index (Phi) is 2.55. The van der Waals surface area contributed by atoms with Crippen molar-refractivity contribution in [3.05, 3.63) is 37.5 Å². The van der Waals surface area contributed by atoms with E-state index in [9.17, 15) is 14.4 Å². The maximum Gasteiger partial charge on any atom is 0.340 e. The van der Waals surface area contributed by atoms with Gasteiger partial charge >= 0.3 is 17.1 Å². The van der Waals surface area contributed by atoms with Crippen LogP contribution in [0.25, 0.3) is 6.20 Å². The van der Waals surface area contributed by atoms with Crippen LogP contribution in [0, 0.1) is 0 Å². The van der Waals surface area contributed by atoms with Crippen LogP contribution < -0.4 is 17.1 Å². The standard InChI is InChI=1S/C8H11N3O3/c1-4-5-11-7(13)9(2)6(12)10(3)8(11)14/h4-5H,1-3H3/b5-4-. The van der Waals surface area contributed by atoms with Crippen molar-refractivity contribution in [3.63, 3.8) is 0 Å². The van der Waals surface area contributed by atoms with Gasteiger partial charge in [-0.1, -0.05) is 6.08 Å². The van der Waals surface area contributed by atoms with Crippen molar-refractivity contribution in [3.8, 4) is 0 Å². The first-order chi connectivity index (χ1) is 6.50. The first-order valence-electron chi connectivity index (χ1n) is 4.02. The van der Waals surface area contributed by atoms with E-state index in [0.717, 1.165) is 13.7 Å². The number of hydrogen-bond acceptors (Lipinski definition) is 3. The number of allylic oxidation sites excluding steroid dienone is 1. The maximum atomic E-state index is 11.4. The van der Waals surface area contributed by atoms with Crippen molar-refractivity contribution in [1.82, 2.24) is 13.7 Å². The molecule has 0 radical (unpaired) electrons. The van der Waals surface area contributed by atoms with Crippen molar-refractivity contribution in [2.45, 2.75) is 6.92 Å². The van der Waals surface area contributed by atoms with Crippen LogP contribution in [0.4, 0.5) is 0 Å². The topological polar surface area (TPSA) is 66.0 Å². The maximum absolute atomic E-state index is 11.4. The van der Waals surface area contributed by atoms with Gasteiger partial charge in [0.2, 0.25) is 0 Å². The molecule has 14 heavy (non-hydrogen) atoms. The van der Waals surface area contributed by atoms with Crippen LogP contribution in [0.2, 0.25) is 0 Å². The van der Waals surface area contributed by atoms with E-state index in [2.05, 4.69) is 0 Å². The predicted molar refractivity (Wildman–Crippen MR) is 52.2 cm³/mol. The summed E-state index contributed by atoms with van der Waals surface area (Å²) in [5.41, 5.74) is -1.91. The lowest BCUT2D eigenvalue weighted by Crippen LogP contribution is -2.51. The van der Waals surface area contributed by atoms with Crippen molar-refractivity contribution in [2.75, 3.05) is 0 Å². The van der Waals surface area contributed by atoms with Crippen LogP contribution >= 0.6 is 0 Å². The fourth-order valence-electron chi connectivity index (χ4n) is 1.07. The molecule has 0 aliphatic rings. The molecule has 0 N–H and O–H groups in total. The summed E-state index contributed by atoms with van der Waals surface area (Å²) in [7, 11) is 2.65. The highest BCUT2D eigenvalue weighted by atomic mass is 16.2. The fourth-order valence-corrected chi connectivity index (χ4v) is 1.07. The lowest BCUT2D eigenvalue weighted by Gasteiger charge is -2.03. The van der Waals surface area contributed by atoms with Crippen LogP contribution in [0.15, 0.2) is 20.5 Å². The molecule has 0 fully saturated rings. The van der Waals surface area contributed by atoms with Gasteiger partial charge in [-0.05, 0) is 6.92 Å². The second-order valence-corrected chi connectivity index (χ2v) is 2.82. The molecule has 6 heteroatoms. The molecule has 0 spiro atoms. The summed E-state index contributed by atoms with van der Waals surface area (Å²) in [6.45, 7) is 1.68. The second kappa shape index (κ2) is 3.49. The number of aromatic nitrogens is 3. The molecular formula is C8H11N3O3. The van der Waals surface area contributed by atoms with Gasteiger partial charge in [0.05, 0.1) is 0 Å². The molecule has 0 amide bonds. The highest BCUT2D eigenvalue weighted by Crippen LogP contribution is 1.72.